The molecular weight excluding hydrogens is 380 g/mol. The Morgan fingerprint density at radius 3 is 2.29 bits per heavy atom. The van der Waals surface area contributed by atoms with E-state index in [0.29, 0.717) is 11.3 Å². The zero-order valence-corrected chi connectivity index (χ0v) is 17.5. The van der Waals surface area contributed by atoms with E-state index in [4.69, 9.17) is 9.47 Å². The molecule has 28 heavy (non-hydrogen) atoms. The number of rotatable bonds is 8. The van der Waals surface area contributed by atoms with Gasteiger partial charge in [-0.05, 0) is 55.3 Å². The third-order valence-electron chi connectivity index (χ3n) is 4.43. The quantitative estimate of drug-likeness (QED) is 0.728. The van der Waals surface area contributed by atoms with E-state index in [-0.39, 0.29) is 23.4 Å². The summed E-state index contributed by atoms with van der Waals surface area (Å²) >= 11 is 0. The predicted octanol–water partition coefficient (Wildman–Crippen LogP) is 2.51. The fraction of sp³-hybridized carbons (Fsp3) is 0.350. The molecule has 7 nitrogen and oxygen atoms in total. The number of carbonyl (C=O) groups is 1. The van der Waals surface area contributed by atoms with Crippen LogP contribution in [0.15, 0.2) is 47.4 Å². The first-order valence-electron chi connectivity index (χ1n) is 8.73. The van der Waals surface area contributed by atoms with Crippen LogP contribution in [0.3, 0.4) is 0 Å². The van der Waals surface area contributed by atoms with Crippen LogP contribution in [0.4, 0.5) is 0 Å². The van der Waals surface area contributed by atoms with Gasteiger partial charge in [-0.2, -0.15) is 4.31 Å². The fourth-order valence-corrected chi connectivity index (χ4v) is 3.95. The molecule has 2 rings (SSSR count). The first-order valence-corrected chi connectivity index (χ1v) is 10.2. The lowest BCUT2D eigenvalue weighted by atomic mass is 10.1. The minimum absolute atomic E-state index is 0.115. The van der Waals surface area contributed by atoms with Crippen LogP contribution in [-0.2, 0) is 14.8 Å². The standard InChI is InChI=1S/C20H26N2O5S/c1-14-12-18(10-11-19(14)27-5)28(24,25)22(3)13-20(23)21-15(2)16-6-8-17(26-4)9-7-16/h6-12,15H,13H2,1-5H3,(H,21,23). The topological polar surface area (TPSA) is 84.9 Å². The van der Waals surface area contributed by atoms with Gasteiger partial charge in [-0.1, -0.05) is 12.1 Å². The highest BCUT2D eigenvalue weighted by molar-refractivity contribution is 7.89. The molecule has 0 fully saturated rings. The number of benzene rings is 2. The highest BCUT2D eigenvalue weighted by Gasteiger charge is 2.24. The van der Waals surface area contributed by atoms with Crippen LogP contribution in [0, 0.1) is 6.92 Å². The van der Waals surface area contributed by atoms with Crippen LogP contribution >= 0.6 is 0 Å². The molecule has 152 valence electrons. The van der Waals surface area contributed by atoms with Gasteiger partial charge in [0.2, 0.25) is 15.9 Å². The summed E-state index contributed by atoms with van der Waals surface area (Å²) in [6, 6.07) is 11.6. The number of hydrogen-bond acceptors (Lipinski definition) is 5. The maximum absolute atomic E-state index is 12.7. The molecule has 0 spiro atoms. The van der Waals surface area contributed by atoms with Gasteiger partial charge in [0.05, 0.1) is 31.7 Å². The van der Waals surface area contributed by atoms with Crippen molar-refractivity contribution in [1.29, 1.82) is 0 Å². The van der Waals surface area contributed by atoms with Crippen molar-refractivity contribution in [2.24, 2.45) is 0 Å². The first-order chi connectivity index (χ1) is 13.2. The Hall–Kier alpha value is -2.58. The van der Waals surface area contributed by atoms with E-state index in [1.54, 1.807) is 32.2 Å². The molecule has 1 amide bonds. The molecular formula is C20H26N2O5S. The van der Waals surface area contributed by atoms with Gasteiger partial charge in [-0.25, -0.2) is 8.42 Å². The van der Waals surface area contributed by atoms with Gasteiger partial charge in [0.15, 0.2) is 0 Å². The molecule has 1 atom stereocenters. The largest absolute Gasteiger partial charge is 0.497 e. The number of nitrogens with zero attached hydrogens (tertiary/aromatic N) is 1. The highest BCUT2D eigenvalue weighted by atomic mass is 32.2. The van der Waals surface area contributed by atoms with Gasteiger partial charge in [-0.15, -0.1) is 0 Å². The van der Waals surface area contributed by atoms with Crippen LogP contribution in [0.25, 0.3) is 0 Å². The van der Waals surface area contributed by atoms with Crippen molar-refractivity contribution in [3.05, 3.63) is 53.6 Å². The molecule has 0 aliphatic rings. The summed E-state index contributed by atoms with van der Waals surface area (Å²) in [5, 5.41) is 2.81. The molecule has 0 aliphatic heterocycles. The Labute approximate surface area is 166 Å². The molecule has 0 aliphatic carbocycles. The van der Waals surface area contributed by atoms with Crippen molar-refractivity contribution in [2.45, 2.75) is 24.8 Å². The molecule has 0 saturated heterocycles. The third-order valence-corrected chi connectivity index (χ3v) is 6.23. The number of ether oxygens (including phenoxy) is 2. The Kier molecular flexibility index (Phi) is 7.04. The summed E-state index contributed by atoms with van der Waals surface area (Å²) in [5.41, 5.74) is 1.60. The van der Waals surface area contributed by atoms with Crippen molar-refractivity contribution in [3.8, 4) is 11.5 Å². The number of aryl methyl sites for hydroxylation is 1. The summed E-state index contributed by atoms with van der Waals surface area (Å²) in [4.78, 5) is 12.5. The minimum atomic E-state index is -3.79. The fourth-order valence-electron chi connectivity index (χ4n) is 2.74. The molecule has 0 radical (unpaired) electrons. The van der Waals surface area contributed by atoms with Gasteiger partial charge in [0.25, 0.3) is 0 Å². The predicted molar refractivity (Wildman–Crippen MR) is 107 cm³/mol. The van der Waals surface area contributed by atoms with E-state index in [0.717, 1.165) is 15.6 Å². The molecule has 0 heterocycles. The Balaban J connectivity index is 2.04. The smallest absolute Gasteiger partial charge is 0.243 e. The zero-order valence-electron chi connectivity index (χ0n) is 16.7. The zero-order chi connectivity index (χ0) is 20.9. The summed E-state index contributed by atoms with van der Waals surface area (Å²) in [6.45, 7) is 3.32. The second-order valence-corrected chi connectivity index (χ2v) is 8.50. The van der Waals surface area contributed by atoms with Gasteiger partial charge < -0.3 is 14.8 Å². The van der Waals surface area contributed by atoms with Crippen molar-refractivity contribution in [3.63, 3.8) is 0 Å². The lowest BCUT2D eigenvalue weighted by Crippen LogP contribution is -2.39. The Morgan fingerprint density at radius 1 is 1.11 bits per heavy atom. The second kappa shape index (κ2) is 9.07. The average molecular weight is 407 g/mol. The molecule has 2 aromatic carbocycles. The van der Waals surface area contributed by atoms with Crippen LogP contribution in [0.5, 0.6) is 11.5 Å². The maximum Gasteiger partial charge on any atom is 0.243 e. The molecule has 8 heteroatoms. The molecule has 1 N–H and O–H groups in total. The SMILES string of the molecule is COc1ccc(C(C)NC(=O)CN(C)S(=O)(=O)c2ccc(OC)c(C)c2)cc1. The normalized spacial score (nSPS) is 12.5. The van der Waals surface area contributed by atoms with E-state index in [1.165, 1.54) is 26.3 Å². The van der Waals surface area contributed by atoms with E-state index >= 15 is 0 Å². The second-order valence-electron chi connectivity index (χ2n) is 6.45. The highest BCUT2D eigenvalue weighted by Crippen LogP contribution is 2.23. The summed E-state index contributed by atoms with van der Waals surface area (Å²) in [5.74, 6) is 0.940. The van der Waals surface area contributed by atoms with Gasteiger partial charge >= 0.3 is 0 Å². The number of hydrogen-bond donors (Lipinski definition) is 1. The number of amides is 1. The van der Waals surface area contributed by atoms with Crippen LogP contribution in [0.2, 0.25) is 0 Å². The number of likely N-dealkylation sites (N-methyl/N-ethyl adjacent to an activating group) is 1. The summed E-state index contributed by atoms with van der Waals surface area (Å²) in [7, 11) is 0.700. The maximum atomic E-state index is 12.7. The molecule has 1 unspecified atom stereocenters. The first kappa shape index (κ1) is 21.7. The minimum Gasteiger partial charge on any atom is -0.497 e. The van der Waals surface area contributed by atoms with E-state index in [9.17, 15) is 13.2 Å². The van der Waals surface area contributed by atoms with E-state index in [2.05, 4.69) is 5.32 Å². The van der Waals surface area contributed by atoms with Crippen LogP contribution in [-0.4, -0.2) is 46.4 Å². The number of methoxy groups -OCH3 is 2. The van der Waals surface area contributed by atoms with Gasteiger partial charge in [0, 0.05) is 7.05 Å². The lowest BCUT2D eigenvalue weighted by molar-refractivity contribution is -0.121. The number of sulfonamides is 1. The third kappa shape index (κ3) is 5.02. The molecule has 2 aromatic rings. The Bertz CT molecular complexity index is 926. The summed E-state index contributed by atoms with van der Waals surface area (Å²) < 4.78 is 36.8. The lowest BCUT2D eigenvalue weighted by Gasteiger charge is -2.20. The number of nitrogens with one attached hydrogen (secondary N) is 1. The number of carbonyl (C=O) groups excluding carboxylic acids is 1. The Morgan fingerprint density at radius 2 is 1.75 bits per heavy atom. The van der Waals surface area contributed by atoms with E-state index < -0.39 is 10.0 Å². The summed E-state index contributed by atoms with van der Waals surface area (Å²) in [6.07, 6.45) is 0. The molecule has 0 aromatic heterocycles. The van der Waals surface area contributed by atoms with Crippen molar-refractivity contribution in [1.82, 2.24) is 9.62 Å². The monoisotopic (exact) mass is 406 g/mol. The van der Waals surface area contributed by atoms with E-state index in [1.807, 2.05) is 19.1 Å². The van der Waals surface area contributed by atoms with Crippen molar-refractivity contribution >= 4 is 15.9 Å². The van der Waals surface area contributed by atoms with Crippen molar-refractivity contribution < 1.29 is 22.7 Å². The average Bonchev–Trinajstić information content (AvgIpc) is 2.67. The van der Waals surface area contributed by atoms with Crippen LogP contribution in [0.1, 0.15) is 24.1 Å². The molecule has 0 saturated carbocycles. The van der Waals surface area contributed by atoms with Gasteiger partial charge in [-0.3, -0.25) is 4.79 Å². The van der Waals surface area contributed by atoms with Crippen molar-refractivity contribution in [2.75, 3.05) is 27.8 Å². The van der Waals surface area contributed by atoms with Gasteiger partial charge in [0.1, 0.15) is 11.5 Å². The van der Waals surface area contributed by atoms with Crippen LogP contribution < -0.4 is 14.8 Å². The molecule has 0 bridgehead atoms.